The third-order valence-electron chi connectivity index (χ3n) is 2.02. The Hall–Kier alpha value is -0.980. The van der Waals surface area contributed by atoms with Crippen LogP contribution in [0.15, 0.2) is 18.2 Å². The van der Waals surface area contributed by atoms with Gasteiger partial charge in [-0.25, -0.2) is 0 Å². The lowest BCUT2D eigenvalue weighted by Gasteiger charge is -2.09. The first kappa shape index (κ1) is 5.78. The summed E-state index contributed by atoms with van der Waals surface area (Å²) in [5.74, 6) is 0. The number of nitrogens with zero attached hydrogens (tertiary/aromatic N) is 1. The Morgan fingerprint density at radius 1 is 1.60 bits per heavy atom. The lowest BCUT2D eigenvalue weighted by molar-refractivity contribution is 0.956. The molecule has 0 unspecified atom stereocenters. The number of fused-ring (bicyclic) bond motifs is 1. The molecule has 51 valence electrons. The Kier molecular flexibility index (Phi) is 1.16. The third kappa shape index (κ3) is 0.703. The summed E-state index contributed by atoms with van der Waals surface area (Å²) in [6, 6.07) is 9.43. The first-order chi connectivity index (χ1) is 4.88. The van der Waals surface area contributed by atoms with Crippen molar-refractivity contribution in [2.45, 2.75) is 6.42 Å². The highest BCUT2D eigenvalue weighted by atomic mass is 15.1. The SMILES string of the molecule is CN1CCc2ccc[c]c21. The van der Waals surface area contributed by atoms with E-state index in [2.05, 4.69) is 30.1 Å². The van der Waals surface area contributed by atoms with E-state index >= 15 is 0 Å². The Bertz CT molecular complexity index is 242. The standard InChI is InChI=1S/C9H10N/c1-10-7-6-8-4-2-3-5-9(8)10/h2-4H,6-7H2,1H3. The van der Waals surface area contributed by atoms with Crippen LogP contribution in [0.25, 0.3) is 0 Å². The molecule has 0 atom stereocenters. The highest BCUT2D eigenvalue weighted by Crippen LogP contribution is 2.24. The van der Waals surface area contributed by atoms with Gasteiger partial charge >= 0.3 is 0 Å². The number of rotatable bonds is 0. The zero-order valence-corrected chi connectivity index (χ0v) is 6.09. The first-order valence-electron chi connectivity index (χ1n) is 3.58. The molecule has 0 fully saturated rings. The highest BCUT2D eigenvalue weighted by molar-refractivity contribution is 5.55. The fourth-order valence-corrected chi connectivity index (χ4v) is 1.42. The molecule has 1 aromatic carbocycles. The number of likely N-dealkylation sites (N-methyl/N-ethyl adjacent to an activating group) is 1. The zero-order valence-electron chi connectivity index (χ0n) is 6.09. The molecular weight excluding hydrogens is 122 g/mol. The van der Waals surface area contributed by atoms with Crippen LogP contribution in [-0.4, -0.2) is 13.6 Å². The van der Waals surface area contributed by atoms with Gasteiger partial charge in [0.05, 0.1) is 0 Å². The third-order valence-corrected chi connectivity index (χ3v) is 2.02. The van der Waals surface area contributed by atoms with Crippen LogP contribution in [0.2, 0.25) is 0 Å². The molecule has 1 aliphatic heterocycles. The number of hydrogen-bond donors (Lipinski definition) is 0. The molecule has 0 bridgehead atoms. The van der Waals surface area contributed by atoms with E-state index in [0.717, 1.165) is 6.54 Å². The van der Waals surface area contributed by atoms with Crippen molar-refractivity contribution in [3.05, 3.63) is 29.8 Å². The monoisotopic (exact) mass is 132 g/mol. The summed E-state index contributed by atoms with van der Waals surface area (Å²) in [5, 5.41) is 0. The second-order valence-electron chi connectivity index (χ2n) is 2.72. The average Bonchev–Trinajstić information content (AvgIpc) is 2.34. The van der Waals surface area contributed by atoms with Crippen LogP contribution >= 0.6 is 0 Å². The van der Waals surface area contributed by atoms with E-state index in [9.17, 15) is 0 Å². The molecule has 1 heterocycles. The summed E-state index contributed by atoms with van der Waals surface area (Å²) in [6.45, 7) is 1.15. The zero-order chi connectivity index (χ0) is 6.97. The van der Waals surface area contributed by atoms with Gasteiger partial charge in [-0.1, -0.05) is 18.2 Å². The fourth-order valence-electron chi connectivity index (χ4n) is 1.42. The molecule has 10 heavy (non-hydrogen) atoms. The van der Waals surface area contributed by atoms with Crippen molar-refractivity contribution < 1.29 is 0 Å². The fraction of sp³-hybridized carbons (Fsp3) is 0.333. The van der Waals surface area contributed by atoms with E-state index < -0.39 is 0 Å². The number of para-hydroxylation sites is 1. The summed E-state index contributed by atoms with van der Waals surface area (Å²) in [4.78, 5) is 2.25. The maximum atomic E-state index is 3.22. The molecule has 0 spiro atoms. The molecule has 1 heteroatoms. The predicted molar refractivity (Wildman–Crippen MR) is 42.3 cm³/mol. The van der Waals surface area contributed by atoms with Crippen molar-refractivity contribution in [2.75, 3.05) is 18.5 Å². The molecule has 0 saturated heterocycles. The molecule has 0 N–H and O–H groups in total. The number of anilines is 1. The molecule has 0 aromatic heterocycles. The molecule has 0 saturated carbocycles. The quantitative estimate of drug-likeness (QED) is 0.517. The molecule has 1 aromatic rings. The first-order valence-corrected chi connectivity index (χ1v) is 3.58. The molecule has 1 nitrogen and oxygen atoms in total. The van der Waals surface area contributed by atoms with E-state index in [0.29, 0.717) is 0 Å². The number of hydrogen-bond acceptors (Lipinski definition) is 1. The van der Waals surface area contributed by atoms with Crippen LogP contribution in [0.1, 0.15) is 5.56 Å². The summed E-state index contributed by atoms with van der Waals surface area (Å²) in [6.07, 6.45) is 1.18. The van der Waals surface area contributed by atoms with Crippen molar-refractivity contribution in [3.63, 3.8) is 0 Å². The van der Waals surface area contributed by atoms with Gasteiger partial charge in [-0.05, 0) is 12.0 Å². The smallest absolute Gasteiger partial charge is 0.0477 e. The van der Waals surface area contributed by atoms with Crippen molar-refractivity contribution in [2.24, 2.45) is 0 Å². The Labute approximate surface area is 61.3 Å². The summed E-state index contributed by atoms with van der Waals surface area (Å²) < 4.78 is 0. The maximum Gasteiger partial charge on any atom is 0.0477 e. The minimum Gasteiger partial charge on any atom is -0.374 e. The summed E-state index contributed by atoms with van der Waals surface area (Å²) in [5.41, 5.74) is 2.72. The molecule has 0 amide bonds. The topological polar surface area (TPSA) is 3.24 Å². The van der Waals surface area contributed by atoms with Crippen LogP contribution in [0.4, 0.5) is 5.69 Å². The van der Waals surface area contributed by atoms with Crippen molar-refractivity contribution >= 4 is 5.69 Å². The lowest BCUT2D eigenvalue weighted by atomic mass is 10.2. The van der Waals surface area contributed by atoms with Gasteiger partial charge in [0, 0.05) is 25.3 Å². The maximum absolute atomic E-state index is 3.22. The summed E-state index contributed by atoms with van der Waals surface area (Å²) >= 11 is 0. The highest BCUT2D eigenvalue weighted by Gasteiger charge is 2.13. The van der Waals surface area contributed by atoms with Gasteiger partial charge in [0.1, 0.15) is 0 Å². The van der Waals surface area contributed by atoms with E-state index in [-0.39, 0.29) is 0 Å². The van der Waals surface area contributed by atoms with Gasteiger partial charge in [-0.3, -0.25) is 0 Å². The molecule has 1 aliphatic rings. The van der Waals surface area contributed by atoms with Crippen molar-refractivity contribution in [3.8, 4) is 0 Å². The lowest BCUT2D eigenvalue weighted by Crippen LogP contribution is -2.12. The van der Waals surface area contributed by atoms with Crippen LogP contribution < -0.4 is 4.90 Å². The molecule has 2 rings (SSSR count). The minimum atomic E-state index is 1.15. The second kappa shape index (κ2) is 2.01. The predicted octanol–water partition coefficient (Wildman–Crippen LogP) is 1.48. The second-order valence-corrected chi connectivity index (χ2v) is 2.72. The van der Waals surface area contributed by atoms with Crippen LogP contribution in [-0.2, 0) is 6.42 Å². The van der Waals surface area contributed by atoms with E-state index in [1.54, 1.807) is 0 Å². The van der Waals surface area contributed by atoms with Gasteiger partial charge in [0.15, 0.2) is 0 Å². The largest absolute Gasteiger partial charge is 0.374 e. The minimum absolute atomic E-state index is 1.15. The van der Waals surface area contributed by atoms with E-state index in [1.165, 1.54) is 17.7 Å². The number of benzene rings is 1. The van der Waals surface area contributed by atoms with Crippen LogP contribution in [0.3, 0.4) is 0 Å². The van der Waals surface area contributed by atoms with Crippen molar-refractivity contribution in [1.29, 1.82) is 0 Å². The van der Waals surface area contributed by atoms with Gasteiger partial charge < -0.3 is 4.90 Å². The Balaban J connectivity index is 2.51. The van der Waals surface area contributed by atoms with Gasteiger partial charge in [-0.15, -0.1) is 0 Å². The average molecular weight is 132 g/mol. The van der Waals surface area contributed by atoms with E-state index in [1.807, 2.05) is 6.07 Å². The molecule has 1 radical (unpaired) electrons. The molecular formula is C9H10N. The van der Waals surface area contributed by atoms with Gasteiger partial charge in [0.2, 0.25) is 0 Å². The molecule has 0 aliphatic carbocycles. The normalized spacial score (nSPS) is 15.5. The Morgan fingerprint density at radius 3 is 3.30 bits per heavy atom. The van der Waals surface area contributed by atoms with Crippen molar-refractivity contribution in [1.82, 2.24) is 0 Å². The van der Waals surface area contributed by atoms with Crippen LogP contribution in [0, 0.1) is 6.07 Å². The van der Waals surface area contributed by atoms with Crippen LogP contribution in [0.5, 0.6) is 0 Å². The Morgan fingerprint density at radius 2 is 2.50 bits per heavy atom. The van der Waals surface area contributed by atoms with E-state index in [4.69, 9.17) is 0 Å². The van der Waals surface area contributed by atoms with Gasteiger partial charge in [-0.2, -0.15) is 0 Å². The van der Waals surface area contributed by atoms with Gasteiger partial charge in [0.25, 0.3) is 0 Å². The summed E-state index contributed by atoms with van der Waals surface area (Å²) in [7, 11) is 2.11.